The fourth-order valence-electron chi connectivity index (χ4n) is 21.5. The van der Waals surface area contributed by atoms with Gasteiger partial charge in [-0.25, -0.2) is 0 Å². The van der Waals surface area contributed by atoms with E-state index in [1.54, 1.807) is 0 Å². The second-order valence-corrected chi connectivity index (χ2v) is 38.3. The average Bonchev–Trinajstić information content (AvgIpc) is 1.62. The zero-order valence-corrected chi connectivity index (χ0v) is 80.6. The fraction of sp³-hybridized carbons (Fsp3) is 0. The molecule has 0 radical (unpaired) electrons. The smallest absolute Gasteiger partial charge is 0.159 e. The molecule has 0 amide bonds. The van der Waals surface area contributed by atoms with Crippen LogP contribution >= 0.6 is 11.3 Å². The number of thiophene rings is 1. The van der Waals surface area contributed by atoms with Crippen molar-refractivity contribution >= 4 is 192 Å². The summed E-state index contributed by atoms with van der Waals surface area (Å²) in [4.78, 5) is 7.03. The minimum Gasteiger partial charge on any atom is -0.455 e. The summed E-state index contributed by atoms with van der Waals surface area (Å²) >= 11 is 1.85. The van der Waals surface area contributed by atoms with Gasteiger partial charge in [0.25, 0.3) is 0 Å². The van der Waals surface area contributed by atoms with Crippen LogP contribution < -0.4 is 14.7 Å². The molecule has 6 heterocycles. The summed E-state index contributed by atoms with van der Waals surface area (Å²) < 4.78 is 31.2. The van der Waals surface area contributed by atoms with Gasteiger partial charge in [-0.2, -0.15) is 0 Å². The highest BCUT2D eigenvalue weighted by Gasteiger charge is 2.28. The van der Waals surface area contributed by atoms with Gasteiger partial charge in [0.05, 0.1) is 16.7 Å². The van der Waals surface area contributed by atoms with Crippen LogP contribution in [-0.4, -0.2) is 4.57 Å². The Labute approximate surface area is 852 Å². The molecule has 6 aromatic heterocycles. The van der Waals surface area contributed by atoms with E-state index in [0.29, 0.717) is 0 Å². The number of anilines is 9. The minimum absolute atomic E-state index is 0.851. The first-order chi connectivity index (χ1) is 72.9. The summed E-state index contributed by atoms with van der Waals surface area (Å²) in [6, 6.07) is 194. The van der Waals surface area contributed by atoms with E-state index in [1.807, 2.05) is 59.9 Å². The van der Waals surface area contributed by atoms with E-state index < -0.39 is 0 Å². The number of hydrogen-bond acceptors (Lipinski definition) is 8. The average molecular weight is 1900 g/mol. The molecule has 8 nitrogen and oxygen atoms in total. The van der Waals surface area contributed by atoms with Crippen LogP contribution in [0.25, 0.3) is 213 Å². The highest BCUT2D eigenvalue weighted by Crippen LogP contribution is 2.52. The predicted octanol–water partition coefficient (Wildman–Crippen LogP) is 40.2. The molecule has 0 bridgehead atoms. The first-order valence-corrected chi connectivity index (χ1v) is 50.6. The second-order valence-electron chi connectivity index (χ2n) is 37.2. The van der Waals surface area contributed by atoms with Gasteiger partial charge in [0.15, 0.2) is 5.58 Å². The summed E-state index contributed by atoms with van der Waals surface area (Å²) in [7, 11) is 0. The van der Waals surface area contributed by atoms with E-state index >= 15 is 0 Å². The molecule has 9 heteroatoms. The Balaban J connectivity index is 0.000000109. The van der Waals surface area contributed by atoms with Gasteiger partial charge in [-0.05, 0) is 231 Å². The molecular weight excluding hydrogens is 1810 g/mol. The molecule has 0 atom stereocenters. The van der Waals surface area contributed by atoms with Gasteiger partial charge < -0.3 is 36.9 Å². The lowest BCUT2D eigenvalue weighted by atomic mass is 9.99. The van der Waals surface area contributed by atoms with E-state index in [9.17, 15) is 0 Å². The molecule has 0 aliphatic heterocycles. The third-order valence-corrected chi connectivity index (χ3v) is 29.7. The highest BCUT2D eigenvalue weighted by molar-refractivity contribution is 7.25. The Morgan fingerprint density at radius 2 is 0.429 bits per heavy atom. The number of rotatable bonds is 17. The number of para-hydroxylation sites is 7. The zero-order chi connectivity index (χ0) is 97.2. The standard InChI is InChI=1S/C48H32N2O.C48H31NOS.C42H27NO2/c1-3-13-33(14-4-1)34-23-25-36(26-24-34)49(37-27-29-38(30-28-37)50-45-20-10-7-17-40(45)41-18-8-11-21-46(41)50)39-31-43(35-15-5-2-6-16-35)48-44(32-39)42-19-9-12-22-47(42)51-48;1-3-11-32(12-4-1)33-19-24-37(25-20-33)49(38-26-21-34(22-27-38)36-23-28-47-43(29-36)41-16-8-10-18-46(41)51-47)39-30-42(35-13-5-2-6-14-35)48-44(31-39)40-15-7-9-17-45(40)50-48;1-3-12-28(13-4-1)29-22-24-31(25-23-29)43(38-19-11-18-35-33-16-7-9-20-39(33)45-42(35)38)32-26-36(30-14-5-2-6-15-30)41-37(27-32)34-17-8-10-21-40(34)44-41/h1-32H;1-31H;1-27H. The lowest BCUT2D eigenvalue weighted by Crippen LogP contribution is -2.10. The molecule has 0 saturated heterocycles. The van der Waals surface area contributed by atoms with Crippen molar-refractivity contribution in [3.05, 3.63) is 546 Å². The minimum atomic E-state index is 0.851. The largest absolute Gasteiger partial charge is 0.455 e. The van der Waals surface area contributed by atoms with Crippen molar-refractivity contribution in [2.24, 2.45) is 0 Å². The van der Waals surface area contributed by atoms with Crippen LogP contribution in [-0.2, 0) is 0 Å². The summed E-state index contributed by atoms with van der Waals surface area (Å²) in [5.41, 5.74) is 36.1. The Morgan fingerprint density at radius 3 is 0.816 bits per heavy atom. The van der Waals surface area contributed by atoms with E-state index in [4.69, 9.17) is 17.7 Å². The van der Waals surface area contributed by atoms with Crippen molar-refractivity contribution in [3.8, 4) is 83.6 Å². The third kappa shape index (κ3) is 16.0. The van der Waals surface area contributed by atoms with Crippen LogP contribution in [0.3, 0.4) is 0 Å². The van der Waals surface area contributed by atoms with Crippen LogP contribution in [0.4, 0.5) is 51.2 Å². The summed E-state index contributed by atoms with van der Waals surface area (Å²) in [6.07, 6.45) is 0. The summed E-state index contributed by atoms with van der Waals surface area (Å²) in [5, 5.41) is 13.9. The molecule has 23 aromatic carbocycles. The Kier molecular flexibility index (Phi) is 22.0. The SMILES string of the molecule is c1ccc(-c2ccc(N(c3cc(-c4ccccc4)c4oc5ccccc5c4c3)c3cccc4c3oc3ccccc34)cc2)cc1.c1ccc(-c2ccc(N(c3ccc(-c4ccc5sc6ccccc6c5c4)cc3)c3cc(-c4ccccc4)c4oc5ccccc5c4c3)cc2)cc1.c1ccc(-c2ccc(N(c3ccc(-n4c5ccccc5c5ccccc54)cc3)c3cc(-c4ccccc4)c4oc5ccccc5c4c3)cc2)cc1. The Hall–Kier alpha value is -19.3. The Morgan fingerprint density at radius 1 is 0.156 bits per heavy atom. The monoisotopic (exact) mass is 1900 g/mol. The van der Waals surface area contributed by atoms with Gasteiger partial charge in [-0.3, -0.25) is 0 Å². The van der Waals surface area contributed by atoms with Gasteiger partial charge in [-0.1, -0.05) is 376 Å². The van der Waals surface area contributed by atoms with Crippen LogP contribution in [0, 0.1) is 0 Å². The number of hydrogen-bond donors (Lipinski definition) is 0. The zero-order valence-electron chi connectivity index (χ0n) is 79.8. The molecule has 147 heavy (non-hydrogen) atoms. The van der Waals surface area contributed by atoms with Gasteiger partial charge in [0.1, 0.15) is 39.1 Å². The molecule has 692 valence electrons. The molecule has 0 saturated carbocycles. The summed E-state index contributed by atoms with van der Waals surface area (Å²) in [5.74, 6) is 0. The van der Waals surface area contributed by atoms with Crippen LogP contribution in [0.15, 0.2) is 564 Å². The van der Waals surface area contributed by atoms with E-state index in [2.05, 4.69) is 517 Å². The van der Waals surface area contributed by atoms with E-state index in [0.717, 1.165) is 178 Å². The molecular formula is C138H90N4O4S. The molecule has 29 rings (SSSR count). The maximum atomic E-state index is 6.60. The van der Waals surface area contributed by atoms with Crippen molar-refractivity contribution in [3.63, 3.8) is 0 Å². The Bertz CT molecular complexity index is 9900. The molecule has 0 fully saturated rings. The van der Waals surface area contributed by atoms with Gasteiger partial charge in [0.2, 0.25) is 0 Å². The fourth-order valence-corrected chi connectivity index (χ4v) is 22.6. The maximum absolute atomic E-state index is 6.60. The number of benzene rings is 23. The maximum Gasteiger partial charge on any atom is 0.159 e. The predicted molar refractivity (Wildman–Crippen MR) is 618 cm³/mol. The lowest BCUT2D eigenvalue weighted by molar-refractivity contribution is 0.669. The first-order valence-electron chi connectivity index (χ1n) is 49.8. The molecule has 0 spiro atoms. The van der Waals surface area contributed by atoms with Gasteiger partial charge >= 0.3 is 0 Å². The lowest BCUT2D eigenvalue weighted by Gasteiger charge is -2.27. The number of aromatic nitrogens is 1. The van der Waals surface area contributed by atoms with Crippen molar-refractivity contribution < 1.29 is 17.7 Å². The second kappa shape index (κ2) is 37.3. The highest BCUT2D eigenvalue weighted by atomic mass is 32.1. The summed E-state index contributed by atoms with van der Waals surface area (Å²) in [6.45, 7) is 0. The van der Waals surface area contributed by atoms with Crippen molar-refractivity contribution in [2.75, 3.05) is 14.7 Å². The first kappa shape index (κ1) is 86.8. The molecule has 0 N–H and O–H groups in total. The van der Waals surface area contributed by atoms with Gasteiger partial charge in [-0.15, -0.1) is 11.3 Å². The number of furan rings is 4. The van der Waals surface area contributed by atoms with Crippen molar-refractivity contribution in [2.45, 2.75) is 0 Å². The molecule has 29 aromatic rings. The number of fused-ring (bicyclic) bond motifs is 18. The van der Waals surface area contributed by atoms with Crippen LogP contribution in [0.5, 0.6) is 0 Å². The van der Waals surface area contributed by atoms with Crippen LogP contribution in [0.2, 0.25) is 0 Å². The van der Waals surface area contributed by atoms with Gasteiger partial charge in [0, 0.05) is 142 Å². The normalized spacial score (nSPS) is 11.5. The topological polar surface area (TPSA) is 67.2 Å². The third-order valence-electron chi connectivity index (χ3n) is 28.5. The molecule has 0 aliphatic rings. The van der Waals surface area contributed by atoms with Crippen LogP contribution in [0.1, 0.15) is 0 Å². The quantitative estimate of drug-likeness (QED) is 0.0900. The van der Waals surface area contributed by atoms with E-state index in [-0.39, 0.29) is 0 Å². The number of nitrogens with zero attached hydrogens (tertiary/aromatic N) is 4. The van der Waals surface area contributed by atoms with E-state index in [1.165, 1.54) is 86.5 Å². The molecule has 0 aliphatic carbocycles. The molecule has 0 unspecified atom stereocenters. The van der Waals surface area contributed by atoms with Crippen molar-refractivity contribution in [1.82, 2.24) is 4.57 Å². The van der Waals surface area contributed by atoms with Crippen molar-refractivity contribution in [1.29, 1.82) is 0 Å².